The first-order valence-electron chi connectivity index (χ1n) is 23.8. The number of piperidine rings is 2. The van der Waals surface area contributed by atoms with Crippen LogP contribution in [0.5, 0.6) is 23.3 Å². The third-order valence-electron chi connectivity index (χ3n) is 14.6. The van der Waals surface area contributed by atoms with E-state index in [1.165, 1.54) is 10.6 Å². The van der Waals surface area contributed by atoms with Gasteiger partial charge in [0.1, 0.15) is 24.1 Å². The van der Waals surface area contributed by atoms with Crippen LogP contribution in [-0.2, 0) is 11.0 Å². The number of hydrogen-bond donors (Lipinski definition) is 7. The lowest BCUT2D eigenvalue weighted by atomic mass is 10.0. The highest BCUT2D eigenvalue weighted by Gasteiger charge is 2.45. The highest BCUT2D eigenvalue weighted by atomic mass is 19.4. The van der Waals surface area contributed by atoms with Gasteiger partial charge in [0.15, 0.2) is 11.5 Å². The van der Waals surface area contributed by atoms with Crippen molar-refractivity contribution in [3.63, 3.8) is 0 Å². The van der Waals surface area contributed by atoms with Gasteiger partial charge >= 0.3 is 6.18 Å². The number of aromatic nitrogens is 3. The van der Waals surface area contributed by atoms with E-state index in [4.69, 9.17) is 15.2 Å². The molecule has 4 atom stereocenters. The van der Waals surface area contributed by atoms with Crippen LogP contribution in [0.3, 0.4) is 0 Å². The highest BCUT2D eigenvalue weighted by molar-refractivity contribution is 5.95. The van der Waals surface area contributed by atoms with E-state index in [1.807, 2.05) is 30.1 Å². The molecule has 4 fully saturated rings. The number of aliphatic hydroxyl groups is 2. The maximum absolute atomic E-state index is 13.6. The number of methoxy groups -OCH3 is 1. The van der Waals surface area contributed by atoms with Crippen LogP contribution in [-0.4, -0.2) is 147 Å². The van der Waals surface area contributed by atoms with E-state index in [2.05, 4.69) is 35.3 Å². The Bertz CT molecular complexity index is 2680. The van der Waals surface area contributed by atoms with Crippen molar-refractivity contribution in [2.24, 2.45) is 5.41 Å². The number of rotatable bonds is 14. The molecule has 1 aliphatic carbocycles. The first kappa shape index (κ1) is 48.2. The van der Waals surface area contributed by atoms with Gasteiger partial charge in [-0.05, 0) is 100 Å². The van der Waals surface area contributed by atoms with Gasteiger partial charge in [0.2, 0.25) is 17.7 Å². The van der Waals surface area contributed by atoms with E-state index in [0.717, 1.165) is 82.8 Å². The number of piperazine rings is 1. The number of aryl methyl sites for hydroxylation is 1. The Kier molecular flexibility index (Phi) is 13.4. The Labute approximate surface area is 398 Å². The number of hydrogen-bond acceptors (Lipinski definition) is 15. The summed E-state index contributed by atoms with van der Waals surface area (Å²) in [6.45, 7) is 9.72. The second-order valence-electron chi connectivity index (χ2n) is 19.5. The molecule has 2 aromatic heterocycles. The molecule has 17 nitrogen and oxygen atoms in total. The molecule has 3 unspecified atom stereocenters. The zero-order chi connectivity index (χ0) is 48.9. The Hall–Kier alpha value is -5.80. The van der Waals surface area contributed by atoms with Crippen LogP contribution in [0.15, 0.2) is 48.5 Å². The molecule has 8 N–H and O–H groups in total. The number of carbonyl (C=O) groups is 1. The molecule has 0 spiro atoms. The number of aliphatic hydroxyl groups excluding tert-OH is 2. The zero-order valence-corrected chi connectivity index (χ0v) is 39.5. The van der Waals surface area contributed by atoms with Gasteiger partial charge < -0.3 is 50.8 Å². The summed E-state index contributed by atoms with van der Waals surface area (Å²) in [6, 6.07) is 11.9. The van der Waals surface area contributed by atoms with Crippen LogP contribution in [0, 0.1) is 12.3 Å². The number of nitrogens with two attached hydrogens (primary N) is 1. The van der Waals surface area contributed by atoms with Crippen LogP contribution >= 0.6 is 0 Å². The van der Waals surface area contributed by atoms with Gasteiger partial charge in [0, 0.05) is 97.9 Å². The van der Waals surface area contributed by atoms with Gasteiger partial charge in [0.05, 0.1) is 43.4 Å². The van der Waals surface area contributed by atoms with Gasteiger partial charge in [-0.15, -0.1) is 0 Å². The zero-order valence-electron chi connectivity index (χ0n) is 39.5. The summed E-state index contributed by atoms with van der Waals surface area (Å²) >= 11 is 0. The van der Waals surface area contributed by atoms with Crippen LogP contribution in [0.25, 0.3) is 21.7 Å². The minimum absolute atomic E-state index is 0.00922. The molecule has 9 rings (SSSR count). The molecular formula is C49H63F3N10O7. The van der Waals surface area contributed by atoms with Gasteiger partial charge in [0.25, 0.3) is 0 Å². The second-order valence-corrected chi connectivity index (χ2v) is 19.5. The fourth-order valence-electron chi connectivity index (χ4n) is 10.4. The number of nitrogens with one attached hydrogen (secondary N) is 2. The summed E-state index contributed by atoms with van der Waals surface area (Å²) in [5.41, 5.74) is 6.71. The average Bonchev–Trinajstić information content (AvgIpc) is 4.04. The number of carbonyl (C=O) groups excluding carboxylic acids is 1. The molecule has 4 aliphatic rings. The van der Waals surface area contributed by atoms with Crippen LogP contribution in [0.1, 0.15) is 74.5 Å². The van der Waals surface area contributed by atoms with Crippen molar-refractivity contribution in [1.29, 1.82) is 0 Å². The molecule has 3 saturated heterocycles. The summed E-state index contributed by atoms with van der Waals surface area (Å²) in [7, 11) is 3.40. The summed E-state index contributed by atoms with van der Waals surface area (Å²) in [6.07, 6.45) is -2.00. The minimum Gasteiger partial charge on any atom is -0.494 e. The summed E-state index contributed by atoms with van der Waals surface area (Å²) < 4.78 is 54.3. The highest BCUT2D eigenvalue weighted by Crippen LogP contribution is 2.48. The lowest BCUT2D eigenvalue weighted by molar-refractivity contribution is -0.137. The van der Waals surface area contributed by atoms with Gasteiger partial charge in [-0.1, -0.05) is 0 Å². The van der Waals surface area contributed by atoms with Crippen molar-refractivity contribution in [3.05, 3.63) is 65.5 Å². The number of alkyl halides is 3. The molecule has 0 bridgehead atoms. The summed E-state index contributed by atoms with van der Waals surface area (Å²) in [5.74, 6) is 1.66. The molecular weight excluding hydrogens is 898 g/mol. The molecule has 3 aliphatic heterocycles. The first-order chi connectivity index (χ1) is 32.9. The SMILES string of the molecule is COc1cc2nc(C)nc(N[C@H](C)c3cc(N)cc(C(F)(F)F)c3)c2cc1OCC1(CN(C)C(=O)CN2CCN(C3CCN(c4ccc5c(O)n(C6CCC(O)NC6O)c(O)c5c4)CC3)CC2)CC1. The maximum atomic E-state index is 13.6. The smallest absolute Gasteiger partial charge is 0.416 e. The lowest BCUT2D eigenvalue weighted by Gasteiger charge is -2.43. The van der Waals surface area contributed by atoms with Gasteiger partial charge in [-0.25, -0.2) is 9.97 Å². The molecule has 1 saturated carbocycles. The Morgan fingerprint density at radius 2 is 1.67 bits per heavy atom. The number of amides is 1. The molecule has 20 heteroatoms. The van der Waals surface area contributed by atoms with E-state index in [9.17, 15) is 38.4 Å². The first-order valence-corrected chi connectivity index (χ1v) is 23.8. The number of fused-ring (bicyclic) bond motifs is 2. The third-order valence-corrected chi connectivity index (χ3v) is 14.6. The molecule has 1 amide bonds. The standard InChI is InChI=1S/C49H63F3N10O7/c1-28(30-19-31(49(50,51)52)21-32(53)20-30)54-44-37-23-41(40(68-4)24-38(37)55-29(2)56-44)69-27-48(11-12-48)26-58(3)43(64)25-59-15-17-61(18-16-59)33-9-13-60(14-10-33)34-5-6-35-36(22-34)47(67)62(46(35)66)39-7-8-42(63)57-45(39)65/h5-6,19-24,28,33,39,42,45,57,63,65-67H,7-18,25-27,53H2,1-4H3,(H,54,55,56)/t28-,39?,42?,45?/m1/s1. The van der Waals surface area contributed by atoms with Crippen molar-refractivity contribution in [2.45, 2.75) is 89.1 Å². The van der Waals surface area contributed by atoms with Gasteiger partial charge in [-0.3, -0.25) is 24.5 Å². The van der Waals surface area contributed by atoms with Crippen LogP contribution < -0.4 is 30.7 Å². The largest absolute Gasteiger partial charge is 0.494 e. The minimum atomic E-state index is -4.55. The van der Waals surface area contributed by atoms with Crippen molar-refractivity contribution >= 4 is 44.8 Å². The number of benzene rings is 3. The van der Waals surface area contributed by atoms with E-state index in [0.29, 0.717) is 89.0 Å². The summed E-state index contributed by atoms with van der Waals surface area (Å²) in [5, 5.41) is 50.2. The maximum Gasteiger partial charge on any atom is 0.416 e. The topological polar surface area (TPSA) is 210 Å². The predicted molar refractivity (Wildman–Crippen MR) is 255 cm³/mol. The Morgan fingerprint density at radius 3 is 2.35 bits per heavy atom. The molecule has 3 aromatic carbocycles. The monoisotopic (exact) mass is 960 g/mol. The number of halogens is 3. The predicted octanol–water partition coefficient (Wildman–Crippen LogP) is 5.55. The van der Waals surface area contributed by atoms with Crippen molar-refractivity contribution in [2.75, 3.05) is 89.1 Å². The van der Waals surface area contributed by atoms with Crippen molar-refractivity contribution in [1.82, 2.24) is 34.6 Å². The van der Waals surface area contributed by atoms with Crippen molar-refractivity contribution < 1.29 is 47.9 Å². The van der Waals surface area contributed by atoms with E-state index < -0.39 is 36.3 Å². The molecule has 5 heterocycles. The summed E-state index contributed by atoms with van der Waals surface area (Å²) in [4.78, 5) is 31.7. The van der Waals surface area contributed by atoms with Crippen LogP contribution in [0.4, 0.5) is 30.4 Å². The Balaban J connectivity index is 0.758. The normalized spacial score (nSPS) is 21.9. The Morgan fingerprint density at radius 1 is 0.942 bits per heavy atom. The number of anilines is 3. The lowest BCUT2D eigenvalue weighted by Crippen LogP contribution is -2.54. The molecule has 372 valence electrons. The third kappa shape index (κ3) is 10.3. The molecule has 5 aromatic rings. The van der Waals surface area contributed by atoms with Gasteiger partial charge in [-0.2, -0.15) is 13.2 Å². The molecule has 0 radical (unpaired) electrons. The van der Waals surface area contributed by atoms with E-state index in [-0.39, 0.29) is 28.8 Å². The average molecular weight is 961 g/mol. The number of ether oxygens (including phenoxy) is 2. The van der Waals surface area contributed by atoms with E-state index in [1.54, 1.807) is 33.1 Å². The van der Waals surface area contributed by atoms with E-state index >= 15 is 0 Å². The number of nitrogen functional groups attached to an aromatic ring is 1. The second kappa shape index (κ2) is 19.2. The fourth-order valence-corrected chi connectivity index (χ4v) is 10.4. The number of likely N-dealkylation sites (N-methyl/N-ethyl adjacent to an activating group) is 1. The number of aromatic hydroxyl groups is 2. The van der Waals surface area contributed by atoms with Crippen LogP contribution in [0.2, 0.25) is 0 Å². The van der Waals surface area contributed by atoms with Crippen molar-refractivity contribution in [3.8, 4) is 23.3 Å². The fraction of sp³-hybridized carbons (Fsp3) is 0.531. The number of nitrogens with zero attached hydrogens (tertiary/aromatic N) is 7. The molecule has 69 heavy (non-hydrogen) atoms. The quantitative estimate of drug-likeness (QED) is 0.0681.